The Morgan fingerprint density at radius 1 is 1.52 bits per heavy atom. The van der Waals surface area contributed by atoms with Crippen LogP contribution in [0.2, 0.25) is 0 Å². The minimum absolute atomic E-state index is 0.0999. The molecular formula is C14H18N4O2S. The van der Waals surface area contributed by atoms with Crippen molar-refractivity contribution in [3.05, 3.63) is 22.2 Å². The number of Topliss-reactive ketones (excluding diaryl/α,β-unsaturated/α-hetero) is 1. The van der Waals surface area contributed by atoms with Crippen molar-refractivity contribution in [2.45, 2.75) is 45.6 Å². The highest BCUT2D eigenvalue weighted by atomic mass is 32.1. The third kappa shape index (κ3) is 2.78. The number of hydrogen-bond acceptors (Lipinski definition) is 7. The van der Waals surface area contributed by atoms with Crippen molar-refractivity contribution < 1.29 is 9.32 Å². The first-order chi connectivity index (χ1) is 10.1. The van der Waals surface area contributed by atoms with Crippen molar-refractivity contribution in [3.8, 4) is 0 Å². The molecule has 0 aliphatic heterocycles. The molecule has 1 saturated carbocycles. The van der Waals surface area contributed by atoms with Crippen LogP contribution in [0.3, 0.4) is 0 Å². The van der Waals surface area contributed by atoms with Gasteiger partial charge in [-0.2, -0.15) is 4.98 Å². The summed E-state index contributed by atoms with van der Waals surface area (Å²) in [5, 5.41) is 8.13. The minimum atomic E-state index is 0.0999. The van der Waals surface area contributed by atoms with E-state index in [0.29, 0.717) is 41.2 Å². The van der Waals surface area contributed by atoms with Crippen molar-refractivity contribution in [1.82, 2.24) is 10.1 Å². The summed E-state index contributed by atoms with van der Waals surface area (Å²) in [4.78, 5) is 16.8. The lowest BCUT2D eigenvalue weighted by atomic mass is 10.1. The normalized spacial score (nSPS) is 14.4. The molecule has 2 heterocycles. The predicted octanol–water partition coefficient (Wildman–Crippen LogP) is 3.10. The molecule has 0 unspecified atom stereocenters. The number of thiophene rings is 1. The highest BCUT2D eigenvalue weighted by Crippen LogP contribution is 2.51. The van der Waals surface area contributed by atoms with Crippen LogP contribution in [0.15, 0.2) is 4.52 Å². The zero-order valence-corrected chi connectivity index (χ0v) is 12.9. The third-order valence-electron chi connectivity index (χ3n) is 3.52. The largest absolute Gasteiger partial charge is 0.397 e. The Bertz CT molecular complexity index is 673. The molecule has 1 aliphatic carbocycles. The van der Waals surface area contributed by atoms with E-state index in [1.165, 1.54) is 11.3 Å². The van der Waals surface area contributed by atoms with Crippen LogP contribution in [0.1, 0.15) is 59.1 Å². The van der Waals surface area contributed by atoms with Crippen LogP contribution in [-0.2, 0) is 6.54 Å². The van der Waals surface area contributed by atoms with Crippen molar-refractivity contribution >= 4 is 27.8 Å². The summed E-state index contributed by atoms with van der Waals surface area (Å²) in [6.07, 6.45) is 2.74. The number of aryl methyl sites for hydroxylation is 1. The van der Waals surface area contributed by atoms with Gasteiger partial charge in [0.25, 0.3) is 0 Å². The van der Waals surface area contributed by atoms with Gasteiger partial charge in [0, 0.05) is 18.9 Å². The van der Waals surface area contributed by atoms with Crippen LogP contribution < -0.4 is 11.1 Å². The van der Waals surface area contributed by atoms with Crippen LogP contribution in [0, 0.1) is 6.92 Å². The number of nitrogens with one attached hydrogen (secondary N) is 1. The van der Waals surface area contributed by atoms with Gasteiger partial charge in [0.15, 0.2) is 11.6 Å². The van der Waals surface area contributed by atoms with E-state index in [9.17, 15) is 4.79 Å². The molecule has 112 valence electrons. The number of nitrogen functional groups attached to an aromatic ring is 1. The van der Waals surface area contributed by atoms with E-state index >= 15 is 0 Å². The molecule has 21 heavy (non-hydrogen) atoms. The Hall–Kier alpha value is -1.89. The number of hydrogen-bond donors (Lipinski definition) is 2. The first-order valence-electron chi connectivity index (χ1n) is 7.08. The van der Waals surface area contributed by atoms with E-state index in [1.807, 2.05) is 6.92 Å². The molecule has 6 nitrogen and oxygen atoms in total. The highest BCUT2D eigenvalue weighted by Gasteiger charge is 2.32. The molecular weight excluding hydrogens is 288 g/mol. The minimum Gasteiger partial charge on any atom is -0.397 e. The maximum absolute atomic E-state index is 12.0. The Kier molecular flexibility index (Phi) is 3.67. The van der Waals surface area contributed by atoms with Gasteiger partial charge in [-0.3, -0.25) is 4.79 Å². The SMILES string of the molecule is CCC(=O)c1sc(NCc2noc(C)n2)c(C2CC2)c1N. The lowest BCUT2D eigenvalue weighted by Crippen LogP contribution is -2.02. The molecule has 0 bridgehead atoms. The van der Waals surface area contributed by atoms with Gasteiger partial charge in [0.2, 0.25) is 5.89 Å². The smallest absolute Gasteiger partial charge is 0.223 e. The Morgan fingerprint density at radius 2 is 2.29 bits per heavy atom. The van der Waals surface area contributed by atoms with Crippen molar-refractivity contribution in [1.29, 1.82) is 0 Å². The molecule has 0 amide bonds. The average molecular weight is 306 g/mol. The Morgan fingerprint density at radius 3 is 2.86 bits per heavy atom. The number of aromatic nitrogens is 2. The van der Waals surface area contributed by atoms with E-state index in [4.69, 9.17) is 10.3 Å². The molecule has 1 fully saturated rings. The average Bonchev–Trinajstić information content (AvgIpc) is 3.13. The number of nitrogens with zero attached hydrogens (tertiary/aromatic N) is 2. The maximum atomic E-state index is 12.0. The number of nitrogens with two attached hydrogens (primary N) is 1. The predicted molar refractivity (Wildman–Crippen MR) is 81.7 cm³/mol. The van der Waals surface area contributed by atoms with Crippen LogP contribution >= 0.6 is 11.3 Å². The number of carbonyl (C=O) groups excluding carboxylic acids is 1. The summed E-state index contributed by atoms with van der Waals surface area (Å²) in [6.45, 7) is 4.08. The van der Waals surface area contributed by atoms with Crippen molar-refractivity contribution in [3.63, 3.8) is 0 Å². The quantitative estimate of drug-likeness (QED) is 0.796. The van der Waals surface area contributed by atoms with Gasteiger partial charge in [0.05, 0.1) is 22.1 Å². The molecule has 0 radical (unpaired) electrons. The maximum Gasteiger partial charge on any atom is 0.223 e. The van der Waals surface area contributed by atoms with Gasteiger partial charge in [-0.05, 0) is 18.8 Å². The van der Waals surface area contributed by atoms with Crippen molar-refractivity contribution in [2.75, 3.05) is 11.1 Å². The fourth-order valence-corrected chi connectivity index (χ4v) is 3.52. The molecule has 3 N–H and O–H groups in total. The molecule has 1 aliphatic rings. The van der Waals surface area contributed by atoms with E-state index in [2.05, 4.69) is 15.5 Å². The van der Waals surface area contributed by atoms with Gasteiger partial charge >= 0.3 is 0 Å². The summed E-state index contributed by atoms with van der Waals surface area (Å²) in [5.74, 6) is 1.73. The second kappa shape index (κ2) is 5.48. The summed E-state index contributed by atoms with van der Waals surface area (Å²) < 4.78 is 4.95. The van der Waals surface area contributed by atoms with Crippen LogP contribution in [0.5, 0.6) is 0 Å². The Balaban J connectivity index is 1.84. The van der Waals surface area contributed by atoms with Gasteiger partial charge in [-0.25, -0.2) is 0 Å². The van der Waals surface area contributed by atoms with Crippen LogP contribution in [-0.4, -0.2) is 15.9 Å². The molecule has 2 aromatic rings. The molecule has 3 rings (SSSR count). The van der Waals surface area contributed by atoms with E-state index in [-0.39, 0.29) is 5.78 Å². The summed E-state index contributed by atoms with van der Waals surface area (Å²) in [6, 6.07) is 0. The fourth-order valence-electron chi connectivity index (χ4n) is 2.31. The first kappa shape index (κ1) is 14.1. The first-order valence-corrected chi connectivity index (χ1v) is 7.90. The summed E-state index contributed by atoms with van der Waals surface area (Å²) in [5.41, 5.74) is 7.94. The molecule has 2 aromatic heterocycles. The second-order valence-electron chi connectivity index (χ2n) is 5.22. The summed E-state index contributed by atoms with van der Waals surface area (Å²) in [7, 11) is 0. The zero-order chi connectivity index (χ0) is 15.0. The third-order valence-corrected chi connectivity index (χ3v) is 4.74. The van der Waals surface area contributed by atoms with Gasteiger partial charge in [-0.1, -0.05) is 12.1 Å². The van der Waals surface area contributed by atoms with Gasteiger partial charge in [0.1, 0.15) is 0 Å². The summed E-state index contributed by atoms with van der Waals surface area (Å²) >= 11 is 1.44. The fraction of sp³-hybridized carbons (Fsp3) is 0.500. The molecule has 0 spiro atoms. The highest BCUT2D eigenvalue weighted by molar-refractivity contribution is 7.18. The zero-order valence-electron chi connectivity index (χ0n) is 12.1. The second-order valence-corrected chi connectivity index (χ2v) is 6.24. The van der Waals surface area contributed by atoms with E-state index in [1.54, 1.807) is 6.92 Å². The molecule has 0 atom stereocenters. The van der Waals surface area contributed by atoms with E-state index in [0.717, 1.165) is 23.4 Å². The topological polar surface area (TPSA) is 94.0 Å². The van der Waals surface area contributed by atoms with Crippen LogP contribution in [0.4, 0.5) is 10.7 Å². The molecule has 0 aromatic carbocycles. The number of carbonyl (C=O) groups is 1. The lowest BCUT2D eigenvalue weighted by molar-refractivity contribution is 0.0993. The number of ketones is 1. The van der Waals surface area contributed by atoms with Crippen LogP contribution in [0.25, 0.3) is 0 Å². The standard InChI is InChI=1S/C14H18N4O2S/c1-3-9(19)13-12(15)11(8-4-5-8)14(21-13)16-6-10-17-7(2)20-18-10/h8,16H,3-6,15H2,1-2H3. The van der Waals surface area contributed by atoms with E-state index < -0.39 is 0 Å². The Labute approximate surface area is 126 Å². The van der Waals surface area contributed by atoms with Gasteiger partial charge in [-0.15, -0.1) is 11.3 Å². The number of anilines is 2. The number of rotatable bonds is 6. The van der Waals surface area contributed by atoms with Crippen molar-refractivity contribution in [2.24, 2.45) is 0 Å². The molecule has 7 heteroatoms. The monoisotopic (exact) mass is 306 g/mol. The van der Waals surface area contributed by atoms with Gasteiger partial charge < -0.3 is 15.6 Å². The lowest BCUT2D eigenvalue weighted by Gasteiger charge is -2.04. The molecule has 0 saturated heterocycles.